The molecule has 0 aromatic rings. The van der Waals surface area contributed by atoms with Gasteiger partial charge in [-0.2, -0.15) is 0 Å². The van der Waals surface area contributed by atoms with Gasteiger partial charge in [-0.25, -0.2) is 0 Å². The van der Waals surface area contributed by atoms with Crippen LogP contribution < -0.4 is 5.32 Å². The van der Waals surface area contributed by atoms with Crippen molar-refractivity contribution in [3.8, 4) is 0 Å². The number of nitrogens with one attached hydrogen (secondary N) is 1. The van der Waals surface area contributed by atoms with Crippen molar-refractivity contribution in [3.05, 3.63) is 0 Å². The van der Waals surface area contributed by atoms with E-state index < -0.39 is 17.9 Å². The van der Waals surface area contributed by atoms with E-state index in [0.29, 0.717) is 0 Å². The zero-order chi connectivity index (χ0) is 10.6. The fraction of sp³-hybridized carbons (Fsp3) is 0.778. The summed E-state index contributed by atoms with van der Waals surface area (Å²) in [6.45, 7) is 1.57. The zero-order valence-corrected chi connectivity index (χ0v) is 7.90. The maximum absolute atomic E-state index is 10.9. The summed E-state index contributed by atoms with van der Waals surface area (Å²) in [5.74, 6) is -2.74. The second-order valence-corrected chi connectivity index (χ2v) is 3.63. The van der Waals surface area contributed by atoms with Gasteiger partial charge in [-0.3, -0.25) is 9.59 Å². The average molecular weight is 201 g/mol. The average Bonchev–Trinajstić information content (AvgIpc) is 2.15. The van der Waals surface area contributed by atoms with Crippen LogP contribution in [0.1, 0.15) is 19.3 Å². The fourth-order valence-electron chi connectivity index (χ4n) is 1.89. The highest BCUT2D eigenvalue weighted by molar-refractivity contribution is 5.78. The van der Waals surface area contributed by atoms with Gasteiger partial charge in [0.15, 0.2) is 0 Å². The molecule has 80 valence electrons. The summed E-state index contributed by atoms with van der Waals surface area (Å²) in [7, 11) is 0. The minimum absolute atomic E-state index is 0.00449. The molecule has 0 bridgehead atoms. The second kappa shape index (κ2) is 4.95. The van der Waals surface area contributed by atoms with E-state index in [1.807, 2.05) is 0 Å². The molecule has 5 nitrogen and oxygen atoms in total. The lowest BCUT2D eigenvalue weighted by atomic mass is 9.83. The molecule has 0 aliphatic carbocycles. The van der Waals surface area contributed by atoms with Gasteiger partial charge in [-0.1, -0.05) is 0 Å². The summed E-state index contributed by atoms with van der Waals surface area (Å²) in [4.78, 5) is 21.3. The largest absolute Gasteiger partial charge is 0.481 e. The number of hydrogen-bond donors (Lipinski definition) is 3. The first-order valence-corrected chi connectivity index (χ1v) is 4.76. The number of carboxylic acid groups (broad SMARTS) is 2. The molecule has 1 aliphatic heterocycles. The van der Waals surface area contributed by atoms with E-state index >= 15 is 0 Å². The standard InChI is InChI=1S/C9H15NO4/c11-8(12)5-7(9(13)14)6-1-3-10-4-2-6/h6-7,10H,1-5H2,(H,11,12)(H,13,14). The molecule has 14 heavy (non-hydrogen) atoms. The maximum Gasteiger partial charge on any atom is 0.307 e. The summed E-state index contributed by atoms with van der Waals surface area (Å²) >= 11 is 0. The molecule has 1 heterocycles. The van der Waals surface area contributed by atoms with Gasteiger partial charge < -0.3 is 15.5 Å². The van der Waals surface area contributed by atoms with E-state index in [9.17, 15) is 9.59 Å². The third kappa shape index (κ3) is 2.99. The van der Waals surface area contributed by atoms with Crippen LogP contribution in [0.3, 0.4) is 0 Å². The zero-order valence-electron chi connectivity index (χ0n) is 7.90. The van der Waals surface area contributed by atoms with Gasteiger partial charge in [0, 0.05) is 0 Å². The number of aliphatic carboxylic acids is 2. The molecule has 3 N–H and O–H groups in total. The normalized spacial score (nSPS) is 20.3. The summed E-state index contributed by atoms with van der Waals surface area (Å²) in [6, 6.07) is 0. The van der Waals surface area contributed by atoms with Crippen molar-refractivity contribution in [1.29, 1.82) is 0 Å². The minimum Gasteiger partial charge on any atom is -0.481 e. The van der Waals surface area contributed by atoms with Crippen molar-refractivity contribution < 1.29 is 19.8 Å². The van der Waals surface area contributed by atoms with Crippen molar-refractivity contribution >= 4 is 11.9 Å². The number of rotatable bonds is 4. The first-order valence-electron chi connectivity index (χ1n) is 4.76. The molecule has 1 saturated heterocycles. The summed E-state index contributed by atoms with van der Waals surface area (Å²) in [6.07, 6.45) is 1.24. The van der Waals surface area contributed by atoms with Crippen LogP contribution in [-0.2, 0) is 9.59 Å². The molecule has 0 amide bonds. The van der Waals surface area contributed by atoms with Crippen LogP contribution in [-0.4, -0.2) is 35.2 Å². The molecule has 0 saturated carbocycles. The maximum atomic E-state index is 10.9. The van der Waals surface area contributed by atoms with E-state index in [4.69, 9.17) is 10.2 Å². The highest BCUT2D eigenvalue weighted by atomic mass is 16.4. The molecule has 1 aliphatic rings. The van der Waals surface area contributed by atoms with Crippen molar-refractivity contribution in [3.63, 3.8) is 0 Å². The van der Waals surface area contributed by atoms with Crippen LogP contribution in [0, 0.1) is 11.8 Å². The number of carboxylic acids is 2. The highest BCUT2D eigenvalue weighted by Crippen LogP contribution is 2.24. The van der Waals surface area contributed by atoms with Crippen molar-refractivity contribution in [2.75, 3.05) is 13.1 Å². The predicted molar refractivity (Wildman–Crippen MR) is 49.0 cm³/mol. The van der Waals surface area contributed by atoms with Gasteiger partial charge >= 0.3 is 11.9 Å². The molecule has 0 aromatic heterocycles. The summed E-state index contributed by atoms with van der Waals surface area (Å²) in [5.41, 5.74) is 0. The van der Waals surface area contributed by atoms with Crippen LogP contribution in [0.2, 0.25) is 0 Å². The van der Waals surface area contributed by atoms with Crippen molar-refractivity contribution in [1.82, 2.24) is 5.32 Å². The van der Waals surface area contributed by atoms with Gasteiger partial charge in [0.25, 0.3) is 0 Å². The first kappa shape index (κ1) is 11.0. The Balaban J connectivity index is 2.56. The van der Waals surface area contributed by atoms with Gasteiger partial charge in [0.1, 0.15) is 0 Å². The monoisotopic (exact) mass is 201 g/mol. The van der Waals surface area contributed by atoms with Crippen LogP contribution in [0.4, 0.5) is 0 Å². The molecule has 1 atom stereocenters. The van der Waals surface area contributed by atoms with E-state index in [-0.39, 0.29) is 12.3 Å². The lowest BCUT2D eigenvalue weighted by molar-refractivity contribution is -0.150. The molecule has 1 fully saturated rings. The first-order chi connectivity index (χ1) is 6.61. The van der Waals surface area contributed by atoms with E-state index in [1.54, 1.807) is 0 Å². The summed E-state index contributed by atoms with van der Waals surface area (Å²) in [5, 5.41) is 20.6. The number of hydrogen-bond acceptors (Lipinski definition) is 3. The van der Waals surface area contributed by atoms with Crippen LogP contribution in [0.15, 0.2) is 0 Å². The Labute approximate surface area is 82.1 Å². The molecule has 0 spiro atoms. The predicted octanol–water partition coefficient (Wildman–Crippen LogP) is 0.161. The Morgan fingerprint density at radius 2 is 1.86 bits per heavy atom. The molecular weight excluding hydrogens is 186 g/mol. The van der Waals surface area contributed by atoms with Crippen molar-refractivity contribution in [2.24, 2.45) is 11.8 Å². The van der Waals surface area contributed by atoms with Crippen LogP contribution in [0.5, 0.6) is 0 Å². The fourth-order valence-corrected chi connectivity index (χ4v) is 1.89. The van der Waals surface area contributed by atoms with Gasteiger partial charge in [0.2, 0.25) is 0 Å². The van der Waals surface area contributed by atoms with Gasteiger partial charge in [-0.15, -0.1) is 0 Å². The van der Waals surface area contributed by atoms with Gasteiger partial charge in [0.05, 0.1) is 12.3 Å². The number of carbonyl (C=O) groups is 2. The Bertz CT molecular complexity index is 223. The van der Waals surface area contributed by atoms with Crippen molar-refractivity contribution in [2.45, 2.75) is 19.3 Å². The Morgan fingerprint density at radius 1 is 1.29 bits per heavy atom. The lowest BCUT2D eigenvalue weighted by Gasteiger charge is -2.26. The molecule has 5 heteroatoms. The molecule has 0 radical (unpaired) electrons. The summed E-state index contributed by atoms with van der Waals surface area (Å²) < 4.78 is 0. The SMILES string of the molecule is O=C(O)CC(C(=O)O)C1CCNCC1. The van der Waals surface area contributed by atoms with E-state index in [1.165, 1.54) is 0 Å². The van der Waals surface area contributed by atoms with Crippen LogP contribution >= 0.6 is 0 Å². The third-order valence-electron chi connectivity index (χ3n) is 2.66. The minimum atomic E-state index is -1.03. The quantitative estimate of drug-likeness (QED) is 0.603. The molecular formula is C9H15NO4. The number of piperidine rings is 1. The Hall–Kier alpha value is -1.10. The smallest absolute Gasteiger partial charge is 0.307 e. The lowest BCUT2D eigenvalue weighted by Crippen LogP contribution is -2.35. The Kier molecular flexibility index (Phi) is 3.88. The Morgan fingerprint density at radius 3 is 2.29 bits per heavy atom. The second-order valence-electron chi connectivity index (χ2n) is 3.63. The van der Waals surface area contributed by atoms with E-state index in [0.717, 1.165) is 25.9 Å². The van der Waals surface area contributed by atoms with Crippen LogP contribution in [0.25, 0.3) is 0 Å². The highest BCUT2D eigenvalue weighted by Gasteiger charge is 2.30. The topological polar surface area (TPSA) is 86.6 Å². The molecule has 1 rings (SSSR count). The van der Waals surface area contributed by atoms with Gasteiger partial charge in [-0.05, 0) is 31.8 Å². The molecule has 0 aromatic carbocycles. The molecule has 1 unspecified atom stereocenters. The third-order valence-corrected chi connectivity index (χ3v) is 2.66. The van der Waals surface area contributed by atoms with E-state index in [2.05, 4.69) is 5.32 Å².